The average molecular weight is 498 g/mol. The molecule has 36 heavy (non-hydrogen) atoms. The number of hydrogen-bond acceptors (Lipinski definition) is 7. The molecule has 0 unspecified atom stereocenters. The van der Waals surface area contributed by atoms with Crippen LogP contribution < -0.4 is 5.32 Å². The Balaban J connectivity index is 1.96. The number of carbonyl (C=O) groups excluding carboxylic acids is 4. The zero-order valence-electron chi connectivity index (χ0n) is 20.2. The number of amides is 1. The van der Waals surface area contributed by atoms with Crippen molar-refractivity contribution in [3.63, 3.8) is 0 Å². The second kappa shape index (κ2) is 15.1. The number of carbonyl (C=O) groups is 5. The van der Waals surface area contributed by atoms with Gasteiger partial charge in [0.2, 0.25) is 0 Å². The summed E-state index contributed by atoms with van der Waals surface area (Å²) < 4.78 is 10.5. The summed E-state index contributed by atoms with van der Waals surface area (Å²) in [7, 11) is 0. The summed E-state index contributed by atoms with van der Waals surface area (Å²) in [4.78, 5) is 60.1. The first kappa shape index (κ1) is 28.2. The Hall–Kier alpha value is -4.01. The highest BCUT2D eigenvalue weighted by atomic mass is 16.6. The average Bonchev–Trinajstić information content (AvgIpc) is 2.87. The second-order valence-electron chi connectivity index (χ2n) is 8.41. The van der Waals surface area contributed by atoms with Crippen molar-refractivity contribution in [2.45, 2.75) is 58.3 Å². The molecule has 0 aliphatic rings. The summed E-state index contributed by atoms with van der Waals surface area (Å²) in [5.41, 5.74) is 1.51. The largest absolute Gasteiger partial charge is 0.481 e. The molecule has 0 saturated heterocycles. The van der Waals surface area contributed by atoms with E-state index in [0.29, 0.717) is 0 Å². The maximum Gasteiger partial charge on any atom is 0.408 e. The summed E-state index contributed by atoms with van der Waals surface area (Å²) in [6.45, 7) is 1.33. The van der Waals surface area contributed by atoms with Gasteiger partial charge in [-0.05, 0) is 30.9 Å². The first-order chi connectivity index (χ1) is 17.2. The number of hydrogen-bond donors (Lipinski definition) is 2. The fourth-order valence-corrected chi connectivity index (χ4v) is 3.36. The lowest BCUT2D eigenvalue weighted by Crippen LogP contribution is -2.42. The highest BCUT2D eigenvalue weighted by molar-refractivity contribution is 5.86. The molecule has 2 aromatic rings. The second-order valence-corrected chi connectivity index (χ2v) is 8.41. The fraction of sp³-hybridized carbons (Fsp3) is 0.370. The Bertz CT molecular complexity index is 1020. The Morgan fingerprint density at radius 3 is 1.89 bits per heavy atom. The topological polar surface area (TPSA) is 136 Å². The van der Waals surface area contributed by atoms with Crippen LogP contribution in [0.15, 0.2) is 60.7 Å². The third-order valence-electron chi connectivity index (χ3n) is 5.39. The van der Waals surface area contributed by atoms with Gasteiger partial charge in [0, 0.05) is 19.3 Å². The molecule has 0 heterocycles. The molecule has 0 saturated carbocycles. The summed E-state index contributed by atoms with van der Waals surface area (Å²) in [5.74, 6) is -3.45. The van der Waals surface area contributed by atoms with Gasteiger partial charge in [-0.25, -0.2) is 9.59 Å². The lowest BCUT2D eigenvalue weighted by Gasteiger charge is -2.18. The van der Waals surface area contributed by atoms with Crippen LogP contribution in [-0.4, -0.2) is 40.7 Å². The molecule has 0 radical (unpaired) electrons. The van der Waals surface area contributed by atoms with E-state index in [0.717, 1.165) is 11.1 Å². The zero-order chi connectivity index (χ0) is 26.3. The van der Waals surface area contributed by atoms with Crippen LogP contribution in [-0.2, 0) is 41.9 Å². The number of ketones is 2. The van der Waals surface area contributed by atoms with Gasteiger partial charge in [-0.15, -0.1) is 0 Å². The normalized spacial score (nSPS) is 12.1. The lowest BCUT2D eigenvalue weighted by atomic mass is 9.94. The van der Waals surface area contributed by atoms with Crippen LogP contribution in [0.3, 0.4) is 0 Å². The number of benzene rings is 2. The van der Waals surface area contributed by atoms with E-state index < -0.39 is 35.8 Å². The number of carboxylic acid groups (broad SMARTS) is 1. The molecule has 9 heteroatoms. The zero-order valence-corrected chi connectivity index (χ0v) is 20.2. The number of esters is 1. The lowest BCUT2D eigenvalue weighted by molar-refractivity contribution is -0.148. The Morgan fingerprint density at radius 2 is 1.36 bits per heavy atom. The van der Waals surface area contributed by atoms with E-state index in [1.807, 2.05) is 12.1 Å². The quantitative estimate of drug-likeness (QED) is 0.354. The van der Waals surface area contributed by atoms with Gasteiger partial charge < -0.3 is 24.7 Å². The monoisotopic (exact) mass is 497 g/mol. The van der Waals surface area contributed by atoms with Crippen LogP contribution in [0.1, 0.15) is 50.2 Å². The van der Waals surface area contributed by atoms with E-state index in [2.05, 4.69) is 5.32 Å². The van der Waals surface area contributed by atoms with Crippen molar-refractivity contribution in [2.75, 3.05) is 0 Å². The molecular formula is C27H31NO8. The molecule has 0 aliphatic carbocycles. The maximum atomic E-state index is 12.7. The van der Waals surface area contributed by atoms with Crippen molar-refractivity contribution in [1.29, 1.82) is 0 Å². The number of ether oxygens (including phenoxy) is 2. The van der Waals surface area contributed by atoms with Crippen LogP contribution in [0.4, 0.5) is 4.79 Å². The molecular weight excluding hydrogens is 466 g/mol. The molecule has 2 rings (SSSR count). The molecule has 9 nitrogen and oxygen atoms in total. The third kappa shape index (κ3) is 10.9. The highest BCUT2D eigenvalue weighted by Gasteiger charge is 2.26. The van der Waals surface area contributed by atoms with E-state index in [4.69, 9.17) is 9.47 Å². The molecule has 0 spiro atoms. The number of nitrogens with one attached hydrogen (secondary N) is 1. The molecule has 1 amide bonds. The van der Waals surface area contributed by atoms with Crippen LogP contribution in [0, 0.1) is 5.92 Å². The van der Waals surface area contributed by atoms with Crippen LogP contribution >= 0.6 is 0 Å². The predicted molar refractivity (Wildman–Crippen MR) is 130 cm³/mol. The predicted octanol–water partition coefficient (Wildman–Crippen LogP) is 3.83. The van der Waals surface area contributed by atoms with E-state index in [1.54, 1.807) is 48.5 Å². The minimum Gasteiger partial charge on any atom is -0.481 e. The van der Waals surface area contributed by atoms with Crippen molar-refractivity contribution in [3.8, 4) is 0 Å². The summed E-state index contributed by atoms with van der Waals surface area (Å²) in [6.07, 6.45) is -1.25. The Morgan fingerprint density at radius 1 is 0.806 bits per heavy atom. The van der Waals surface area contributed by atoms with Gasteiger partial charge >= 0.3 is 18.0 Å². The summed E-state index contributed by atoms with van der Waals surface area (Å²) >= 11 is 0. The van der Waals surface area contributed by atoms with Crippen molar-refractivity contribution < 1.29 is 38.6 Å². The Kier molecular flexibility index (Phi) is 11.8. The SMILES string of the molecule is CC(=O)CC[C@@H](CC(=O)CC[C@H](NC(=O)OCc1ccccc1)C(=O)OCc1ccccc1)C(=O)O. The van der Waals surface area contributed by atoms with E-state index in [1.165, 1.54) is 6.92 Å². The van der Waals surface area contributed by atoms with Crippen LogP contribution in [0.2, 0.25) is 0 Å². The fourth-order valence-electron chi connectivity index (χ4n) is 3.36. The van der Waals surface area contributed by atoms with Crippen molar-refractivity contribution in [1.82, 2.24) is 5.32 Å². The molecule has 0 fully saturated rings. The minimum absolute atomic E-state index is 0.00612. The van der Waals surface area contributed by atoms with E-state index in [9.17, 15) is 29.1 Å². The number of carboxylic acids is 1. The third-order valence-corrected chi connectivity index (χ3v) is 5.39. The number of rotatable bonds is 15. The number of alkyl carbamates (subject to hydrolysis) is 1. The minimum atomic E-state index is -1.17. The number of Topliss-reactive ketones (excluding diaryl/α,β-unsaturated/α-hetero) is 2. The Labute approximate surface area is 209 Å². The van der Waals surface area contributed by atoms with Crippen LogP contribution in [0.5, 0.6) is 0 Å². The number of aliphatic carboxylic acids is 1. The van der Waals surface area contributed by atoms with Crippen molar-refractivity contribution >= 4 is 29.6 Å². The van der Waals surface area contributed by atoms with Gasteiger partial charge in [0.15, 0.2) is 0 Å². The molecule has 0 bridgehead atoms. The first-order valence-electron chi connectivity index (χ1n) is 11.7. The van der Waals surface area contributed by atoms with Crippen molar-refractivity contribution in [3.05, 3.63) is 71.8 Å². The van der Waals surface area contributed by atoms with Crippen LogP contribution in [0.25, 0.3) is 0 Å². The van der Waals surface area contributed by atoms with Gasteiger partial charge in [0.1, 0.15) is 30.8 Å². The molecule has 2 aromatic carbocycles. The molecule has 192 valence electrons. The molecule has 0 aliphatic heterocycles. The van der Waals surface area contributed by atoms with E-state index in [-0.39, 0.29) is 51.1 Å². The highest BCUT2D eigenvalue weighted by Crippen LogP contribution is 2.16. The standard InChI is InChI=1S/C27H31NO8/c1-19(29)12-13-22(25(31)32)16-23(30)14-15-24(26(33)35-17-20-8-4-2-5-9-20)28-27(34)36-18-21-10-6-3-7-11-21/h2-11,22,24H,12-18H2,1H3,(H,28,34)(H,31,32)/t22-,24-/m0/s1. The van der Waals surface area contributed by atoms with Gasteiger partial charge in [-0.3, -0.25) is 9.59 Å². The van der Waals surface area contributed by atoms with Gasteiger partial charge in [-0.2, -0.15) is 0 Å². The molecule has 0 aromatic heterocycles. The van der Waals surface area contributed by atoms with E-state index >= 15 is 0 Å². The first-order valence-corrected chi connectivity index (χ1v) is 11.7. The maximum absolute atomic E-state index is 12.7. The van der Waals surface area contributed by atoms with Gasteiger partial charge in [0.05, 0.1) is 5.92 Å². The summed E-state index contributed by atoms with van der Waals surface area (Å²) in [5, 5.41) is 11.8. The molecule has 2 N–H and O–H groups in total. The van der Waals surface area contributed by atoms with Gasteiger partial charge in [-0.1, -0.05) is 60.7 Å². The van der Waals surface area contributed by atoms with Crippen molar-refractivity contribution in [2.24, 2.45) is 5.92 Å². The smallest absolute Gasteiger partial charge is 0.408 e. The summed E-state index contributed by atoms with van der Waals surface area (Å²) in [6, 6.07) is 16.8. The molecule has 2 atom stereocenters. The van der Waals surface area contributed by atoms with Gasteiger partial charge in [0.25, 0.3) is 0 Å².